The molecule has 4 nitrogen and oxygen atoms in total. The second kappa shape index (κ2) is 6.03. The predicted octanol–water partition coefficient (Wildman–Crippen LogP) is 3.28. The fourth-order valence-corrected chi connectivity index (χ4v) is 3.04. The number of hydrogen-bond donors (Lipinski definition) is 2. The third-order valence-electron chi connectivity index (χ3n) is 3.23. The summed E-state index contributed by atoms with van der Waals surface area (Å²) in [5, 5.41) is 15.0. The minimum Gasteiger partial charge on any atom is -0.478 e. The van der Waals surface area contributed by atoms with Crippen molar-refractivity contribution in [3.8, 4) is 0 Å². The quantitative estimate of drug-likeness (QED) is 0.759. The monoisotopic (exact) mass is 298 g/mol. The summed E-state index contributed by atoms with van der Waals surface area (Å²) in [5.74, 6) is -0.879. The first kappa shape index (κ1) is 13.7. The van der Waals surface area contributed by atoms with Crippen LogP contribution in [0, 0.1) is 0 Å². The topological polar surface area (TPSA) is 62.2 Å². The van der Waals surface area contributed by atoms with Gasteiger partial charge in [0, 0.05) is 34.9 Å². The lowest BCUT2D eigenvalue weighted by atomic mass is 10.1. The van der Waals surface area contributed by atoms with Gasteiger partial charge in [-0.3, -0.25) is 4.98 Å². The maximum atomic E-state index is 10.8. The number of benzene rings is 1. The normalized spacial score (nSPS) is 10.9. The fourth-order valence-electron chi connectivity index (χ4n) is 2.22. The third-order valence-corrected chi connectivity index (χ3v) is 4.17. The molecule has 0 atom stereocenters. The highest BCUT2D eigenvalue weighted by molar-refractivity contribution is 7.10. The van der Waals surface area contributed by atoms with Gasteiger partial charge in [0.2, 0.25) is 0 Å². The number of hydrogen-bond acceptors (Lipinski definition) is 4. The van der Waals surface area contributed by atoms with Crippen molar-refractivity contribution in [1.82, 2.24) is 10.3 Å². The Balaban J connectivity index is 1.68. The first-order valence-corrected chi connectivity index (χ1v) is 7.46. The number of thiophene rings is 1. The summed E-state index contributed by atoms with van der Waals surface area (Å²) in [4.78, 5) is 16.3. The van der Waals surface area contributed by atoms with Gasteiger partial charge in [0.1, 0.15) is 0 Å². The van der Waals surface area contributed by atoms with Crippen molar-refractivity contribution >= 4 is 28.2 Å². The van der Waals surface area contributed by atoms with Crippen molar-refractivity contribution in [2.75, 3.05) is 0 Å². The summed E-state index contributed by atoms with van der Waals surface area (Å²) in [6, 6.07) is 11.8. The van der Waals surface area contributed by atoms with E-state index in [2.05, 4.69) is 16.4 Å². The van der Waals surface area contributed by atoms with Crippen LogP contribution in [-0.2, 0) is 13.1 Å². The lowest BCUT2D eigenvalue weighted by Gasteiger charge is -2.06. The average Bonchev–Trinajstić information content (AvgIpc) is 2.97. The second-order valence-electron chi connectivity index (χ2n) is 4.70. The lowest BCUT2D eigenvalue weighted by molar-refractivity contribution is 0.0697. The molecule has 1 aromatic carbocycles. The van der Waals surface area contributed by atoms with Crippen molar-refractivity contribution in [2.45, 2.75) is 13.1 Å². The van der Waals surface area contributed by atoms with Crippen LogP contribution in [0.4, 0.5) is 0 Å². The molecule has 0 aliphatic heterocycles. The molecule has 2 aromatic heterocycles. The van der Waals surface area contributed by atoms with Gasteiger partial charge in [-0.25, -0.2) is 4.79 Å². The minimum atomic E-state index is -0.879. The van der Waals surface area contributed by atoms with E-state index in [0.717, 1.165) is 21.3 Å². The number of carboxylic acids is 1. The largest absolute Gasteiger partial charge is 0.478 e. The zero-order chi connectivity index (χ0) is 14.7. The van der Waals surface area contributed by atoms with Crippen LogP contribution in [0.15, 0.2) is 48.0 Å². The minimum absolute atomic E-state index is 0.351. The van der Waals surface area contributed by atoms with Crippen LogP contribution in [0.1, 0.15) is 20.8 Å². The molecule has 0 amide bonds. The highest BCUT2D eigenvalue weighted by Gasteiger charge is 2.06. The van der Waals surface area contributed by atoms with Crippen LogP contribution in [0.3, 0.4) is 0 Å². The Morgan fingerprint density at radius 2 is 2.10 bits per heavy atom. The van der Waals surface area contributed by atoms with Crippen molar-refractivity contribution in [1.29, 1.82) is 0 Å². The number of para-hydroxylation sites is 1. The van der Waals surface area contributed by atoms with Crippen molar-refractivity contribution in [3.63, 3.8) is 0 Å². The zero-order valence-corrected chi connectivity index (χ0v) is 12.1. The van der Waals surface area contributed by atoms with Crippen LogP contribution in [0.25, 0.3) is 10.9 Å². The van der Waals surface area contributed by atoms with Crippen molar-refractivity contribution < 1.29 is 9.90 Å². The number of carbonyl (C=O) groups is 1. The molecule has 21 heavy (non-hydrogen) atoms. The first-order chi connectivity index (χ1) is 10.2. The Hall–Kier alpha value is -2.24. The molecule has 3 aromatic rings. The van der Waals surface area contributed by atoms with E-state index in [0.29, 0.717) is 18.7 Å². The molecule has 5 heteroatoms. The summed E-state index contributed by atoms with van der Waals surface area (Å²) < 4.78 is 0. The fraction of sp³-hybridized carbons (Fsp3) is 0.125. The molecule has 0 radical (unpaired) electrons. The number of fused-ring (bicyclic) bond motifs is 1. The maximum Gasteiger partial charge on any atom is 0.336 e. The van der Waals surface area contributed by atoms with Gasteiger partial charge < -0.3 is 10.4 Å². The van der Waals surface area contributed by atoms with E-state index >= 15 is 0 Å². The van der Waals surface area contributed by atoms with Gasteiger partial charge in [-0.1, -0.05) is 24.3 Å². The number of nitrogens with one attached hydrogen (secondary N) is 1. The summed E-state index contributed by atoms with van der Waals surface area (Å²) in [6.45, 7) is 1.36. The van der Waals surface area contributed by atoms with Crippen LogP contribution in [-0.4, -0.2) is 16.1 Å². The van der Waals surface area contributed by atoms with Gasteiger partial charge in [0.25, 0.3) is 0 Å². The van der Waals surface area contributed by atoms with Gasteiger partial charge >= 0.3 is 5.97 Å². The van der Waals surface area contributed by atoms with E-state index in [-0.39, 0.29) is 0 Å². The van der Waals surface area contributed by atoms with Crippen LogP contribution < -0.4 is 5.32 Å². The molecule has 0 bridgehead atoms. The van der Waals surface area contributed by atoms with Crippen molar-refractivity contribution in [3.05, 3.63) is 64.0 Å². The summed E-state index contributed by atoms with van der Waals surface area (Å²) in [6.07, 6.45) is 1.80. The molecule has 2 heterocycles. The highest BCUT2D eigenvalue weighted by atomic mass is 32.1. The molecular formula is C16H14N2O2S. The van der Waals surface area contributed by atoms with E-state index in [9.17, 15) is 4.79 Å². The van der Waals surface area contributed by atoms with Crippen LogP contribution >= 0.6 is 11.3 Å². The Labute approximate surface area is 126 Å². The maximum absolute atomic E-state index is 10.8. The van der Waals surface area contributed by atoms with Gasteiger partial charge in [0.15, 0.2) is 0 Å². The Kier molecular flexibility index (Phi) is 3.94. The molecule has 2 N–H and O–H groups in total. The number of nitrogens with zero attached hydrogens (tertiary/aromatic N) is 1. The summed E-state index contributed by atoms with van der Waals surface area (Å²) in [7, 11) is 0. The van der Waals surface area contributed by atoms with Gasteiger partial charge in [0.05, 0.1) is 11.1 Å². The van der Waals surface area contributed by atoms with E-state index < -0.39 is 5.97 Å². The molecule has 0 unspecified atom stereocenters. The number of aromatic carboxylic acids is 1. The molecule has 0 spiro atoms. The predicted molar refractivity (Wildman–Crippen MR) is 83.6 cm³/mol. The molecule has 0 fully saturated rings. The second-order valence-corrected chi connectivity index (χ2v) is 5.70. The Morgan fingerprint density at radius 3 is 2.90 bits per heavy atom. The SMILES string of the molecule is O=C(O)c1csc(CNCc2cccc3cccnc23)c1. The highest BCUT2D eigenvalue weighted by Crippen LogP contribution is 2.17. The average molecular weight is 298 g/mol. The van der Waals surface area contributed by atoms with Crippen LogP contribution in [0.5, 0.6) is 0 Å². The number of pyridine rings is 1. The zero-order valence-electron chi connectivity index (χ0n) is 11.2. The molecule has 0 saturated carbocycles. The molecular weight excluding hydrogens is 284 g/mol. The smallest absolute Gasteiger partial charge is 0.336 e. The molecule has 3 rings (SSSR count). The van der Waals surface area contributed by atoms with Crippen molar-refractivity contribution in [2.24, 2.45) is 0 Å². The van der Waals surface area contributed by atoms with Gasteiger partial charge in [-0.2, -0.15) is 0 Å². The lowest BCUT2D eigenvalue weighted by Crippen LogP contribution is -2.12. The standard InChI is InChI=1S/C16H14N2O2S/c19-16(20)13-7-14(21-10-13)9-17-8-12-4-1-3-11-5-2-6-18-15(11)12/h1-7,10,17H,8-9H2,(H,19,20). The van der Waals surface area contributed by atoms with Gasteiger partial charge in [-0.05, 0) is 17.7 Å². The molecule has 106 valence electrons. The van der Waals surface area contributed by atoms with E-state index in [4.69, 9.17) is 5.11 Å². The Bertz CT molecular complexity index is 777. The van der Waals surface area contributed by atoms with Gasteiger partial charge in [-0.15, -0.1) is 11.3 Å². The first-order valence-electron chi connectivity index (χ1n) is 6.58. The number of aromatic nitrogens is 1. The van der Waals surface area contributed by atoms with E-state index in [1.54, 1.807) is 17.6 Å². The summed E-state index contributed by atoms with van der Waals surface area (Å²) in [5.41, 5.74) is 2.50. The van der Waals surface area contributed by atoms with Crippen LogP contribution in [0.2, 0.25) is 0 Å². The number of rotatable bonds is 5. The third kappa shape index (κ3) is 3.09. The molecule has 0 saturated heterocycles. The van der Waals surface area contributed by atoms with E-state index in [1.165, 1.54) is 11.3 Å². The van der Waals surface area contributed by atoms with E-state index in [1.807, 2.05) is 24.3 Å². The number of carboxylic acid groups (broad SMARTS) is 1. The molecule has 0 aliphatic carbocycles. The summed E-state index contributed by atoms with van der Waals surface area (Å²) >= 11 is 1.46. The molecule has 0 aliphatic rings. The Morgan fingerprint density at radius 1 is 1.24 bits per heavy atom.